The molecule has 0 amide bonds. The highest BCUT2D eigenvalue weighted by molar-refractivity contribution is 9.10. The molecule has 0 saturated carbocycles. The third-order valence-corrected chi connectivity index (χ3v) is 4.95. The number of sulfone groups is 1. The predicted octanol–water partition coefficient (Wildman–Crippen LogP) is 1.16. The average molecular weight is 324 g/mol. The fraction of sp³-hybridized carbons (Fsp3) is 0.400. The molecule has 94 valence electrons. The molecule has 1 heterocycles. The first-order valence-corrected chi connectivity index (χ1v) is 7.59. The zero-order valence-corrected chi connectivity index (χ0v) is 11.1. The third-order valence-electron chi connectivity index (χ3n) is 2.59. The van der Waals surface area contributed by atoms with Crippen molar-refractivity contribution in [3.05, 3.63) is 28.5 Å². The molecule has 2 unspecified atom stereocenters. The molecule has 0 aromatic heterocycles. The van der Waals surface area contributed by atoms with Crippen LogP contribution in [0.4, 0.5) is 10.1 Å². The molecule has 0 radical (unpaired) electrons. The van der Waals surface area contributed by atoms with Gasteiger partial charge >= 0.3 is 0 Å². The number of hydrogen-bond donors (Lipinski definition) is 2. The molecule has 2 N–H and O–H groups in total. The monoisotopic (exact) mass is 323 g/mol. The van der Waals surface area contributed by atoms with E-state index in [4.69, 9.17) is 0 Å². The van der Waals surface area contributed by atoms with E-state index < -0.39 is 27.8 Å². The molecule has 17 heavy (non-hydrogen) atoms. The maximum absolute atomic E-state index is 13.2. The second-order valence-electron chi connectivity index (χ2n) is 4.02. The zero-order chi connectivity index (χ0) is 12.6. The lowest BCUT2D eigenvalue weighted by Gasteiger charge is -2.16. The fourth-order valence-electron chi connectivity index (χ4n) is 1.77. The van der Waals surface area contributed by atoms with Crippen LogP contribution >= 0.6 is 15.9 Å². The Bertz CT molecular complexity index is 534. The minimum absolute atomic E-state index is 0.133. The van der Waals surface area contributed by atoms with Crippen LogP contribution in [-0.4, -0.2) is 37.2 Å². The van der Waals surface area contributed by atoms with E-state index in [0.29, 0.717) is 10.2 Å². The summed E-state index contributed by atoms with van der Waals surface area (Å²) in [5, 5.41) is 12.4. The van der Waals surface area contributed by atoms with E-state index in [2.05, 4.69) is 21.2 Å². The van der Waals surface area contributed by atoms with Crippen molar-refractivity contribution in [3.8, 4) is 0 Å². The summed E-state index contributed by atoms with van der Waals surface area (Å²) in [6.45, 7) is 0. The Balaban J connectivity index is 2.14. The largest absolute Gasteiger partial charge is 0.390 e. The van der Waals surface area contributed by atoms with Crippen LogP contribution in [0.5, 0.6) is 0 Å². The molecule has 1 aliphatic heterocycles. The lowest BCUT2D eigenvalue weighted by atomic mass is 10.2. The maximum Gasteiger partial charge on any atom is 0.155 e. The molecule has 1 fully saturated rings. The van der Waals surface area contributed by atoms with Crippen molar-refractivity contribution in [1.29, 1.82) is 0 Å². The van der Waals surface area contributed by atoms with Crippen molar-refractivity contribution in [3.63, 3.8) is 0 Å². The minimum Gasteiger partial charge on any atom is -0.390 e. The zero-order valence-electron chi connectivity index (χ0n) is 8.73. The molecule has 7 heteroatoms. The average Bonchev–Trinajstić information content (AvgIpc) is 2.46. The van der Waals surface area contributed by atoms with Crippen molar-refractivity contribution in [2.45, 2.75) is 12.1 Å². The topological polar surface area (TPSA) is 66.4 Å². The van der Waals surface area contributed by atoms with Crippen molar-refractivity contribution in [2.75, 3.05) is 16.8 Å². The van der Waals surface area contributed by atoms with E-state index in [0.717, 1.165) is 0 Å². The van der Waals surface area contributed by atoms with Gasteiger partial charge in [-0.05, 0) is 34.1 Å². The van der Waals surface area contributed by atoms with Crippen LogP contribution < -0.4 is 5.32 Å². The van der Waals surface area contributed by atoms with Crippen LogP contribution in [0.25, 0.3) is 0 Å². The highest BCUT2D eigenvalue weighted by Crippen LogP contribution is 2.22. The summed E-state index contributed by atoms with van der Waals surface area (Å²) in [7, 11) is -3.20. The van der Waals surface area contributed by atoms with Crippen LogP contribution in [-0.2, 0) is 9.84 Å². The van der Waals surface area contributed by atoms with E-state index in [1.807, 2.05) is 0 Å². The highest BCUT2D eigenvalue weighted by atomic mass is 79.9. The molecule has 4 nitrogen and oxygen atoms in total. The van der Waals surface area contributed by atoms with E-state index >= 15 is 0 Å². The highest BCUT2D eigenvalue weighted by Gasteiger charge is 2.36. The Morgan fingerprint density at radius 1 is 1.41 bits per heavy atom. The number of benzene rings is 1. The van der Waals surface area contributed by atoms with Crippen molar-refractivity contribution in [1.82, 2.24) is 0 Å². The van der Waals surface area contributed by atoms with Gasteiger partial charge in [-0.1, -0.05) is 0 Å². The van der Waals surface area contributed by atoms with E-state index in [1.165, 1.54) is 12.1 Å². The summed E-state index contributed by atoms with van der Waals surface area (Å²) in [4.78, 5) is 0. The Labute approximate surface area is 107 Å². The summed E-state index contributed by atoms with van der Waals surface area (Å²) in [5.41, 5.74) is 0.451. The van der Waals surface area contributed by atoms with E-state index in [9.17, 15) is 17.9 Å². The maximum atomic E-state index is 13.2. The van der Waals surface area contributed by atoms with Gasteiger partial charge in [-0.2, -0.15) is 0 Å². The van der Waals surface area contributed by atoms with Crippen LogP contribution in [0.3, 0.4) is 0 Å². The summed E-state index contributed by atoms with van der Waals surface area (Å²) in [5.74, 6) is -0.819. The molecule has 2 rings (SSSR count). The lowest BCUT2D eigenvalue weighted by Crippen LogP contribution is -2.31. The first kappa shape index (κ1) is 12.8. The van der Waals surface area contributed by atoms with Gasteiger partial charge in [0.1, 0.15) is 5.82 Å². The number of aliphatic hydroxyl groups is 1. The Hall–Kier alpha value is -0.660. The van der Waals surface area contributed by atoms with Gasteiger partial charge in [0.05, 0.1) is 28.1 Å². The van der Waals surface area contributed by atoms with Gasteiger partial charge < -0.3 is 10.4 Å². The van der Waals surface area contributed by atoms with E-state index in [1.54, 1.807) is 6.07 Å². The number of anilines is 1. The first-order valence-electron chi connectivity index (χ1n) is 4.97. The second kappa shape index (κ2) is 4.55. The Kier molecular flexibility index (Phi) is 3.42. The molecule has 2 atom stereocenters. The van der Waals surface area contributed by atoms with Crippen LogP contribution in [0.15, 0.2) is 22.7 Å². The lowest BCUT2D eigenvalue weighted by molar-refractivity contribution is 0.190. The Morgan fingerprint density at radius 2 is 2.12 bits per heavy atom. The second-order valence-corrected chi connectivity index (χ2v) is 7.03. The van der Waals surface area contributed by atoms with Crippen molar-refractivity contribution in [2.24, 2.45) is 0 Å². The van der Waals surface area contributed by atoms with Crippen LogP contribution in [0.1, 0.15) is 0 Å². The number of aliphatic hydroxyl groups excluding tert-OH is 1. The molecular weight excluding hydrogens is 313 g/mol. The fourth-order valence-corrected chi connectivity index (χ4v) is 3.75. The summed E-state index contributed by atoms with van der Waals surface area (Å²) in [6.07, 6.45) is -0.952. The van der Waals surface area contributed by atoms with Crippen molar-refractivity contribution < 1.29 is 17.9 Å². The van der Waals surface area contributed by atoms with Gasteiger partial charge in [-0.15, -0.1) is 0 Å². The van der Waals surface area contributed by atoms with Crippen LogP contribution in [0, 0.1) is 5.82 Å². The summed E-state index contributed by atoms with van der Waals surface area (Å²) in [6, 6.07) is 3.81. The predicted molar refractivity (Wildman–Crippen MR) is 66.2 cm³/mol. The molecule has 1 aliphatic rings. The Morgan fingerprint density at radius 3 is 2.65 bits per heavy atom. The smallest absolute Gasteiger partial charge is 0.155 e. The summed E-state index contributed by atoms with van der Waals surface area (Å²) >= 11 is 3.02. The normalized spacial score (nSPS) is 27.0. The third kappa shape index (κ3) is 2.97. The first-order chi connectivity index (χ1) is 7.87. The SMILES string of the molecule is O=S1(=O)CC(O)C(Nc2ccc(Br)c(F)c2)C1. The number of rotatable bonds is 2. The molecule has 0 aliphatic carbocycles. The number of halogens is 2. The van der Waals surface area contributed by atoms with Gasteiger partial charge in [-0.3, -0.25) is 0 Å². The van der Waals surface area contributed by atoms with Gasteiger partial charge in [0.15, 0.2) is 9.84 Å². The molecular formula is C10H11BrFNO3S. The quantitative estimate of drug-likeness (QED) is 0.857. The van der Waals surface area contributed by atoms with Crippen molar-refractivity contribution >= 4 is 31.5 Å². The standard InChI is InChI=1S/C10H11BrFNO3S/c11-7-2-1-6(3-8(7)12)13-9-4-17(15,16)5-10(9)14/h1-3,9-10,13-14H,4-5H2. The molecule has 0 spiro atoms. The number of hydrogen-bond acceptors (Lipinski definition) is 4. The summed E-state index contributed by atoms with van der Waals surface area (Å²) < 4.78 is 36.1. The van der Waals surface area contributed by atoms with Gasteiger partial charge in [-0.25, -0.2) is 12.8 Å². The molecule has 1 aromatic rings. The van der Waals surface area contributed by atoms with Gasteiger partial charge in [0.2, 0.25) is 0 Å². The van der Waals surface area contributed by atoms with Crippen LogP contribution in [0.2, 0.25) is 0 Å². The van der Waals surface area contributed by atoms with Gasteiger partial charge in [0.25, 0.3) is 0 Å². The van der Waals surface area contributed by atoms with Gasteiger partial charge in [0, 0.05) is 5.69 Å². The molecule has 0 bridgehead atoms. The molecule has 1 aromatic carbocycles. The minimum atomic E-state index is -3.20. The number of nitrogens with one attached hydrogen (secondary N) is 1. The van der Waals surface area contributed by atoms with E-state index in [-0.39, 0.29) is 11.5 Å². The molecule has 1 saturated heterocycles.